The van der Waals surface area contributed by atoms with Crippen molar-refractivity contribution in [3.05, 3.63) is 0 Å². The molecule has 0 aromatic rings. The van der Waals surface area contributed by atoms with Crippen LogP contribution >= 0.6 is 0 Å². The van der Waals surface area contributed by atoms with Crippen molar-refractivity contribution in [1.82, 2.24) is 5.32 Å². The molecule has 4 atom stereocenters. The van der Waals surface area contributed by atoms with Crippen LogP contribution in [0.25, 0.3) is 0 Å². The first-order valence-corrected chi connectivity index (χ1v) is 10.6. The third kappa shape index (κ3) is 3.25. The van der Waals surface area contributed by atoms with Crippen LogP contribution in [0.3, 0.4) is 0 Å². The quantitative estimate of drug-likeness (QED) is 0.517. The lowest BCUT2D eigenvalue weighted by molar-refractivity contribution is -0.243. The second kappa shape index (κ2) is 7.80. The molecular weight excluding hydrogens is 346 g/mol. The zero-order valence-electron chi connectivity index (χ0n) is 16.8. The van der Waals surface area contributed by atoms with Gasteiger partial charge in [0, 0.05) is 6.92 Å². The van der Waals surface area contributed by atoms with Crippen LogP contribution in [0.2, 0.25) is 0 Å². The maximum Gasteiger partial charge on any atom is 0.340 e. The number of hydrogen-bond donors (Lipinski definition) is 1. The van der Waals surface area contributed by atoms with Crippen molar-refractivity contribution in [2.24, 2.45) is 11.8 Å². The SMILES string of the molecule is CCCCCC[C@H]1C(=O)N[C@@]2([C@@H](OC(C)=O)C3CCCCC3)C(=O)O[C@@]12C. The van der Waals surface area contributed by atoms with Crippen LogP contribution in [0.5, 0.6) is 0 Å². The third-order valence-corrected chi connectivity index (χ3v) is 6.86. The number of rotatable bonds is 8. The normalized spacial score (nSPS) is 34.3. The van der Waals surface area contributed by atoms with Gasteiger partial charge in [0.05, 0.1) is 5.92 Å². The van der Waals surface area contributed by atoms with Gasteiger partial charge in [-0.1, -0.05) is 51.9 Å². The minimum absolute atomic E-state index is 0.0777. The van der Waals surface area contributed by atoms with E-state index in [-0.39, 0.29) is 17.7 Å². The first-order valence-electron chi connectivity index (χ1n) is 10.6. The summed E-state index contributed by atoms with van der Waals surface area (Å²) in [5.41, 5.74) is -2.17. The molecule has 1 saturated carbocycles. The number of esters is 2. The Kier molecular flexibility index (Phi) is 5.82. The maximum atomic E-state index is 12.8. The minimum atomic E-state index is -1.23. The van der Waals surface area contributed by atoms with E-state index < -0.39 is 29.2 Å². The summed E-state index contributed by atoms with van der Waals surface area (Å²) in [5.74, 6) is -1.32. The molecule has 1 N–H and O–H groups in total. The van der Waals surface area contributed by atoms with Crippen molar-refractivity contribution < 1.29 is 23.9 Å². The Labute approximate surface area is 161 Å². The fraction of sp³-hybridized carbons (Fsp3) is 0.857. The van der Waals surface area contributed by atoms with E-state index in [9.17, 15) is 14.4 Å². The zero-order valence-corrected chi connectivity index (χ0v) is 16.8. The fourth-order valence-corrected chi connectivity index (χ4v) is 5.37. The van der Waals surface area contributed by atoms with Crippen LogP contribution in [0.1, 0.15) is 85.0 Å². The highest BCUT2D eigenvalue weighted by Gasteiger charge is 2.80. The van der Waals surface area contributed by atoms with Gasteiger partial charge in [0.15, 0.2) is 5.60 Å². The number of carbonyl (C=O) groups excluding carboxylic acids is 3. The van der Waals surface area contributed by atoms with Gasteiger partial charge in [0.2, 0.25) is 11.4 Å². The lowest BCUT2D eigenvalue weighted by atomic mass is 9.63. The second-order valence-corrected chi connectivity index (χ2v) is 8.62. The van der Waals surface area contributed by atoms with E-state index in [1.54, 1.807) is 0 Å². The fourth-order valence-electron chi connectivity index (χ4n) is 5.37. The molecule has 1 amide bonds. The number of carbonyl (C=O) groups is 3. The highest BCUT2D eigenvalue weighted by molar-refractivity contribution is 6.02. The zero-order chi connectivity index (χ0) is 19.7. The Morgan fingerprint density at radius 1 is 1.22 bits per heavy atom. The molecule has 1 aliphatic carbocycles. The van der Waals surface area contributed by atoms with Crippen molar-refractivity contribution in [2.75, 3.05) is 0 Å². The third-order valence-electron chi connectivity index (χ3n) is 6.86. The van der Waals surface area contributed by atoms with Crippen LogP contribution in [-0.2, 0) is 23.9 Å². The summed E-state index contributed by atoms with van der Waals surface area (Å²) in [5, 5.41) is 2.96. The van der Waals surface area contributed by atoms with Gasteiger partial charge >= 0.3 is 11.9 Å². The van der Waals surface area contributed by atoms with Gasteiger partial charge in [0.25, 0.3) is 0 Å². The Morgan fingerprint density at radius 2 is 1.93 bits per heavy atom. The maximum absolute atomic E-state index is 12.8. The molecule has 0 spiro atoms. The average Bonchev–Trinajstić information content (AvgIpc) is 2.81. The molecule has 0 radical (unpaired) electrons. The smallest absolute Gasteiger partial charge is 0.340 e. The topological polar surface area (TPSA) is 81.7 Å². The number of amides is 1. The lowest BCUT2D eigenvalue weighted by Gasteiger charge is -2.55. The molecule has 2 heterocycles. The Morgan fingerprint density at radius 3 is 2.52 bits per heavy atom. The molecule has 0 aromatic carbocycles. The molecule has 2 aliphatic heterocycles. The molecule has 2 saturated heterocycles. The van der Waals surface area contributed by atoms with Gasteiger partial charge in [-0.05, 0) is 32.1 Å². The first-order chi connectivity index (χ1) is 12.9. The monoisotopic (exact) mass is 379 g/mol. The van der Waals surface area contributed by atoms with Crippen LogP contribution in [0, 0.1) is 11.8 Å². The van der Waals surface area contributed by atoms with E-state index in [1.165, 1.54) is 6.92 Å². The van der Waals surface area contributed by atoms with Crippen molar-refractivity contribution in [3.63, 3.8) is 0 Å². The Hall–Kier alpha value is -1.59. The van der Waals surface area contributed by atoms with Crippen molar-refractivity contribution >= 4 is 17.8 Å². The van der Waals surface area contributed by atoms with E-state index in [2.05, 4.69) is 12.2 Å². The van der Waals surface area contributed by atoms with Gasteiger partial charge in [0.1, 0.15) is 6.10 Å². The van der Waals surface area contributed by atoms with Gasteiger partial charge in [-0.25, -0.2) is 4.79 Å². The number of unbranched alkanes of at least 4 members (excludes halogenated alkanes) is 3. The molecule has 27 heavy (non-hydrogen) atoms. The lowest BCUT2D eigenvalue weighted by Crippen LogP contribution is -2.80. The van der Waals surface area contributed by atoms with Gasteiger partial charge < -0.3 is 14.8 Å². The first kappa shape index (κ1) is 20.2. The molecule has 3 aliphatic rings. The predicted molar refractivity (Wildman–Crippen MR) is 99.7 cm³/mol. The number of hydrogen-bond acceptors (Lipinski definition) is 5. The standard InChI is InChI=1S/C21H33NO5/c1-4-5-6-10-13-16-18(24)22-21(19(25)27-20(16,21)3)17(26-14(2)23)15-11-8-7-9-12-15/h15-17H,4-13H2,1-3H3,(H,22,24)/t16-,17-,20-,21-/m0/s1. The van der Waals surface area contributed by atoms with E-state index in [0.29, 0.717) is 6.42 Å². The van der Waals surface area contributed by atoms with Crippen LogP contribution in [0.4, 0.5) is 0 Å². The van der Waals surface area contributed by atoms with E-state index in [1.807, 2.05) is 6.92 Å². The molecule has 3 fully saturated rings. The number of nitrogens with one attached hydrogen (secondary N) is 1. The number of fused-ring (bicyclic) bond motifs is 1. The average molecular weight is 379 g/mol. The summed E-state index contributed by atoms with van der Waals surface area (Å²) in [7, 11) is 0. The predicted octanol–water partition coefficient (Wildman–Crippen LogP) is 3.27. The Bertz CT molecular complexity index is 599. The highest BCUT2D eigenvalue weighted by atomic mass is 16.6. The van der Waals surface area contributed by atoms with Gasteiger partial charge in [-0.2, -0.15) is 0 Å². The molecule has 6 heteroatoms. The minimum Gasteiger partial charge on any atom is -0.459 e. The molecule has 3 rings (SSSR count). The summed E-state index contributed by atoms with van der Waals surface area (Å²) in [6.45, 7) is 5.36. The molecule has 0 unspecified atom stereocenters. The molecule has 6 nitrogen and oxygen atoms in total. The molecular formula is C21H33NO5. The van der Waals surface area contributed by atoms with Crippen molar-refractivity contribution in [1.29, 1.82) is 0 Å². The number of ether oxygens (including phenoxy) is 2. The molecule has 0 bridgehead atoms. The summed E-state index contributed by atoms with van der Waals surface area (Å²) in [6.07, 6.45) is 9.37. The highest BCUT2D eigenvalue weighted by Crippen LogP contribution is 2.55. The van der Waals surface area contributed by atoms with Crippen LogP contribution < -0.4 is 5.32 Å². The van der Waals surface area contributed by atoms with Crippen LogP contribution in [-0.4, -0.2) is 35.1 Å². The molecule has 152 valence electrons. The van der Waals surface area contributed by atoms with Crippen LogP contribution in [0.15, 0.2) is 0 Å². The van der Waals surface area contributed by atoms with Gasteiger partial charge in [-0.15, -0.1) is 0 Å². The van der Waals surface area contributed by atoms with Gasteiger partial charge in [-0.3, -0.25) is 9.59 Å². The van der Waals surface area contributed by atoms with E-state index in [0.717, 1.165) is 57.8 Å². The van der Waals surface area contributed by atoms with E-state index >= 15 is 0 Å². The molecule has 0 aromatic heterocycles. The second-order valence-electron chi connectivity index (χ2n) is 8.62. The summed E-state index contributed by atoms with van der Waals surface area (Å²) in [6, 6.07) is 0. The summed E-state index contributed by atoms with van der Waals surface area (Å²) in [4.78, 5) is 37.4. The van der Waals surface area contributed by atoms with Crippen molar-refractivity contribution in [2.45, 2.75) is 102 Å². The van der Waals surface area contributed by atoms with Crippen molar-refractivity contribution in [3.8, 4) is 0 Å². The Balaban J connectivity index is 1.86. The summed E-state index contributed by atoms with van der Waals surface area (Å²) >= 11 is 0. The summed E-state index contributed by atoms with van der Waals surface area (Å²) < 4.78 is 11.4. The van der Waals surface area contributed by atoms with E-state index in [4.69, 9.17) is 9.47 Å². The largest absolute Gasteiger partial charge is 0.459 e.